The van der Waals surface area contributed by atoms with Gasteiger partial charge in [0.1, 0.15) is 0 Å². The maximum absolute atomic E-state index is 9.55. The lowest BCUT2D eigenvalue weighted by Gasteiger charge is -2.32. The van der Waals surface area contributed by atoms with Crippen LogP contribution in [0.1, 0.15) is 19.3 Å². The SMILES string of the molecule is C1=CC2=C3CCC=C4NCC(=C43)CC2CN1.O=C(O)/C=C\C(=O)O. The minimum atomic E-state index is -1.26. The molecule has 0 fully saturated rings. The Morgan fingerprint density at radius 3 is 2.67 bits per heavy atom. The number of carboxylic acid groups (broad SMARTS) is 2. The maximum Gasteiger partial charge on any atom is 0.328 e. The Bertz CT molecular complexity index is 709. The molecule has 6 heteroatoms. The third kappa shape index (κ3) is 3.27. The number of nitrogens with one attached hydrogen (secondary N) is 2. The van der Waals surface area contributed by atoms with E-state index < -0.39 is 11.9 Å². The van der Waals surface area contributed by atoms with Crippen LogP contribution in [0.4, 0.5) is 0 Å². The van der Waals surface area contributed by atoms with E-state index in [1.807, 2.05) is 0 Å². The smallest absolute Gasteiger partial charge is 0.328 e. The highest BCUT2D eigenvalue weighted by molar-refractivity contribution is 5.89. The summed E-state index contributed by atoms with van der Waals surface area (Å²) in [6.07, 6.45) is 11.6. The van der Waals surface area contributed by atoms with Crippen molar-refractivity contribution in [2.45, 2.75) is 19.3 Å². The zero-order chi connectivity index (χ0) is 17.1. The van der Waals surface area contributed by atoms with Crippen LogP contribution < -0.4 is 10.6 Å². The molecule has 24 heavy (non-hydrogen) atoms. The number of aliphatic carboxylic acids is 2. The van der Waals surface area contributed by atoms with Crippen molar-refractivity contribution in [2.75, 3.05) is 13.1 Å². The van der Waals surface area contributed by atoms with Gasteiger partial charge < -0.3 is 20.8 Å². The van der Waals surface area contributed by atoms with E-state index in [1.165, 1.54) is 25.0 Å². The van der Waals surface area contributed by atoms with E-state index in [0.29, 0.717) is 12.2 Å². The van der Waals surface area contributed by atoms with Crippen LogP contribution in [-0.4, -0.2) is 35.2 Å². The third-order valence-corrected chi connectivity index (χ3v) is 4.55. The van der Waals surface area contributed by atoms with Crippen LogP contribution in [0.15, 0.2) is 58.5 Å². The van der Waals surface area contributed by atoms with Gasteiger partial charge in [0.15, 0.2) is 0 Å². The first-order chi connectivity index (χ1) is 11.6. The molecule has 0 amide bonds. The predicted molar refractivity (Wildman–Crippen MR) is 89.0 cm³/mol. The fourth-order valence-corrected chi connectivity index (χ4v) is 3.64. The Morgan fingerprint density at radius 2 is 1.96 bits per heavy atom. The summed E-state index contributed by atoms with van der Waals surface area (Å²) in [5.74, 6) is -1.79. The van der Waals surface area contributed by atoms with Crippen molar-refractivity contribution in [2.24, 2.45) is 5.92 Å². The van der Waals surface area contributed by atoms with Gasteiger partial charge in [0, 0.05) is 42.4 Å². The van der Waals surface area contributed by atoms with Crippen LogP contribution in [0.2, 0.25) is 0 Å². The molecule has 6 nitrogen and oxygen atoms in total. The minimum absolute atomic E-state index is 0.558. The van der Waals surface area contributed by atoms with Gasteiger partial charge in [0.25, 0.3) is 0 Å². The molecule has 0 spiro atoms. The standard InChI is InChI=1S/C14H16N2.C4H4O4/c1-2-12-11-4-5-15-7-9(11)6-10-8-16-13(3-1)14(10)12;5-3(6)1-2-4(7)8/h3-5,9,15-16H,1-2,6-8H2;1-2H,(H,5,6)(H,7,8)/b;2-1-. The number of hydrogen-bond donors (Lipinski definition) is 4. The van der Waals surface area contributed by atoms with Crippen molar-refractivity contribution in [1.82, 2.24) is 10.6 Å². The van der Waals surface area contributed by atoms with Gasteiger partial charge in [-0.05, 0) is 48.3 Å². The Morgan fingerprint density at radius 1 is 1.21 bits per heavy atom. The largest absolute Gasteiger partial charge is 0.478 e. The van der Waals surface area contributed by atoms with Crippen LogP contribution in [0.3, 0.4) is 0 Å². The molecule has 0 aromatic carbocycles. The molecule has 4 N–H and O–H groups in total. The molecule has 4 rings (SSSR count). The lowest BCUT2D eigenvalue weighted by atomic mass is 9.75. The zero-order valence-corrected chi connectivity index (χ0v) is 13.2. The van der Waals surface area contributed by atoms with Crippen molar-refractivity contribution in [3.63, 3.8) is 0 Å². The van der Waals surface area contributed by atoms with E-state index >= 15 is 0 Å². The monoisotopic (exact) mass is 328 g/mol. The molecule has 2 heterocycles. The predicted octanol–water partition coefficient (Wildman–Crippen LogP) is 1.71. The number of rotatable bonds is 2. The number of carboxylic acids is 2. The van der Waals surface area contributed by atoms with Gasteiger partial charge in [0.2, 0.25) is 0 Å². The van der Waals surface area contributed by atoms with Crippen LogP contribution in [0.5, 0.6) is 0 Å². The third-order valence-electron chi connectivity index (χ3n) is 4.55. The summed E-state index contributed by atoms with van der Waals surface area (Å²) >= 11 is 0. The molecule has 0 radical (unpaired) electrons. The van der Waals surface area contributed by atoms with Gasteiger partial charge in [-0.3, -0.25) is 0 Å². The van der Waals surface area contributed by atoms with Crippen LogP contribution >= 0.6 is 0 Å². The van der Waals surface area contributed by atoms with Crippen LogP contribution in [0.25, 0.3) is 0 Å². The van der Waals surface area contributed by atoms with E-state index in [0.717, 1.165) is 19.0 Å². The number of carbonyl (C=O) groups is 2. The summed E-state index contributed by atoms with van der Waals surface area (Å²) in [4.78, 5) is 19.1. The lowest BCUT2D eigenvalue weighted by Crippen LogP contribution is -2.28. The molecule has 0 aromatic rings. The molecular formula is C18H20N2O4. The first kappa shape index (κ1) is 16.1. The Hall–Kier alpha value is -2.76. The quantitative estimate of drug-likeness (QED) is 0.576. The first-order valence-corrected chi connectivity index (χ1v) is 8.00. The normalized spacial score (nSPS) is 23.5. The molecule has 0 saturated carbocycles. The second kappa shape index (κ2) is 6.78. The Balaban J connectivity index is 0.000000183. The molecule has 0 aromatic heterocycles. The minimum Gasteiger partial charge on any atom is -0.478 e. The highest BCUT2D eigenvalue weighted by Crippen LogP contribution is 2.45. The molecule has 2 aliphatic carbocycles. The molecule has 4 aliphatic rings. The molecule has 1 unspecified atom stereocenters. The average molecular weight is 328 g/mol. The number of allylic oxidation sites excluding steroid dienone is 3. The number of hydrogen-bond acceptors (Lipinski definition) is 4. The van der Waals surface area contributed by atoms with Crippen molar-refractivity contribution < 1.29 is 19.8 Å². The number of fused-ring (bicyclic) bond motifs is 1. The van der Waals surface area contributed by atoms with E-state index in [4.69, 9.17) is 10.2 Å². The molecule has 0 saturated heterocycles. The van der Waals surface area contributed by atoms with Crippen LogP contribution in [0, 0.1) is 5.92 Å². The van der Waals surface area contributed by atoms with Gasteiger partial charge >= 0.3 is 11.9 Å². The zero-order valence-electron chi connectivity index (χ0n) is 13.2. The van der Waals surface area contributed by atoms with Crippen molar-refractivity contribution in [3.8, 4) is 0 Å². The highest BCUT2D eigenvalue weighted by Gasteiger charge is 2.34. The van der Waals surface area contributed by atoms with Gasteiger partial charge in [-0.25, -0.2) is 9.59 Å². The van der Waals surface area contributed by atoms with Crippen molar-refractivity contribution in [1.29, 1.82) is 0 Å². The Labute approximate surface area is 139 Å². The second-order valence-corrected chi connectivity index (χ2v) is 6.07. The average Bonchev–Trinajstić information content (AvgIpc) is 2.98. The molecule has 126 valence electrons. The van der Waals surface area contributed by atoms with Gasteiger partial charge in [-0.2, -0.15) is 0 Å². The molecular weight excluding hydrogens is 308 g/mol. The maximum atomic E-state index is 9.55. The van der Waals surface area contributed by atoms with E-state index in [1.54, 1.807) is 22.3 Å². The fraction of sp³-hybridized carbons (Fsp3) is 0.333. The van der Waals surface area contributed by atoms with Gasteiger partial charge in [-0.1, -0.05) is 6.08 Å². The van der Waals surface area contributed by atoms with Crippen molar-refractivity contribution in [3.05, 3.63) is 58.5 Å². The van der Waals surface area contributed by atoms with E-state index in [-0.39, 0.29) is 0 Å². The summed E-state index contributed by atoms with van der Waals surface area (Å²) in [5, 5.41) is 22.5. The second-order valence-electron chi connectivity index (χ2n) is 6.07. The first-order valence-electron chi connectivity index (χ1n) is 8.00. The van der Waals surface area contributed by atoms with Gasteiger partial charge in [0.05, 0.1) is 0 Å². The summed E-state index contributed by atoms with van der Waals surface area (Å²) in [7, 11) is 0. The summed E-state index contributed by atoms with van der Waals surface area (Å²) in [6.45, 7) is 2.20. The lowest BCUT2D eigenvalue weighted by molar-refractivity contribution is -0.134. The summed E-state index contributed by atoms with van der Waals surface area (Å²) in [6, 6.07) is 0. The molecule has 1 atom stereocenters. The summed E-state index contributed by atoms with van der Waals surface area (Å²) in [5.41, 5.74) is 7.86. The highest BCUT2D eigenvalue weighted by atomic mass is 16.4. The summed E-state index contributed by atoms with van der Waals surface area (Å²) < 4.78 is 0. The van der Waals surface area contributed by atoms with Crippen molar-refractivity contribution >= 4 is 11.9 Å². The Kier molecular flexibility index (Phi) is 4.55. The topological polar surface area (TPSA) is 98.7 Å². The van der Waals surface area contributed by atoms with E-state index in [2.05, 4.69) is 29.0 Å². The van der Waals surface area contributed by atoms with Gasteiger partial charge in [-0.15, -0.1) is 0 Å². The van der Waals surface area contributed by atoms with Crippen LogP contribution in [-0.2, 0) is 9.59 Å². The molecule has 2 aliphatic heterocycles. The fourth-order valence-electron chi connectivity index (χ4n) is 3.64. The van der Waals surface area contributed by atoms with E-state index in [9.17, 15) is 9.59 Å². The molecule has 0 bridgehead atoms.